The van der Waals surface area contributed by atoms with E-state index in [1.165, 1.54) is 7.11 Å². The molecule has 0 aliphatic rings. The van der Waals surface area contributed by atoms with Gasteiger partial charge in [-0.1, -0.05) is 0 Å². The van der Waals surface area contributed by atoms with Crippen LogP contribution in [0.5, 0.6) is 0 Å². The molecule has 1 amide bonds. The van der Waals surface area contributed by atoms with Crippen molar-refractivity contribution in [2.24, 2.45) is 0 Å². The van der Waals surface area contributed by atoms with Crippen LogP contribution in [0.2, 0.25) is 0 Å². The van der Waals surface area contributed by atoms with Crippen LogP contribution >= 0.6 is 0 Å². The first kappa shape index (κ1) is 10.3. The van der Waals surface area contributed by atoms with Gasteiger partial charge in [-0.05, 0) is 0 Å². The molecule has 0 saturated carbocycles. The molecule has 66 valence electrons. The van der Waals surface area contributed by atoms with E-state index in [2.05, 4.69) is 10.1 Å². The molecule has 0 heterocycles. The molecule has 0 bridgehead atoms. The fourth-order valence-electron chi connectivity index (χ4n) is 0.478. The van der Waals surface area contributed by atoms with Crippen LogP contribution in [0.1, 0.15) is 0 Å². The number of nitrogens with one attached hydrogen (secondary N) is 1. The molecule has 3 N–H and O–H groups in total. The molecule has 0 spiro atoms. The molecule has 0 rings (SSSR count). The maximum absolute atomic E-state index is 10.6. The first-order valence-corrected chi connectivity index (χ1v) is 3.25. The summed E-state index contributed by atoms with van der Waals surface area (Å²) in [6, 6.07) is 0. The van der Waals surface area contributed by atoms with Crippen LogP contribution in [0, 0.1) is 0 Å². The van der Waals surface area contributed by atoms with Crippen molar-refractivity contribution in [3.8, 4) is 0 Å². The summed E-state index contributed by atoms with van der Waals surface area (Å²) < 4.78 is 4.51. The highest BCUT2D eigenvalue weighted by molar-refractivity contribution is 5.77. The van der Waals surface area contributed by atoms with Crippen molar-refractivity contribution in [3.63, 3.8) is 0 Å². The molecule has 0 aromatic carbocycles. The van der Waals surface area contributed by atoms with Gasteiger partial charge < -0.3 is 20.3 Å². The minimum Gasteiger partial charge on any atom is -0.394 e. The third-order valence-corrected chi connectivity index (χ3v) is 1.02. The van der Waals surface area contributed by atoms with Gasteiger partial charge >= 0.3 is 0 Å². The van der Waals surface area contributed by atoms with Gasteiger partial charge in [0.1, 0.15) is 6.61 Å². The number of rotatable bonds is 5. The van der Waals surface area contributed by atoms with Crippen LogP contribution in [0.4, 0.5) is 0 Å². The zero-order valence-electron chi connectivity index (χ0n) is 6.41. The summed E-state index contributed by atoms with van der Waals surface area (Å²) in [6.07, 6.45) is -0.893. The lowest BCUT2D eigenvalue weighted by Gasteiger charge is -2.07. The zero-order chi connectivity index (χ0) is 8.69. The molecule has 0 aliphatic carbocycles. The number of carbonyl (C=O) groups is 1. The minimum atomic E-state index is -0.893. The minimum absolute atomic E-state index is 0.0296. The Balaban J connectivity index is 3.30. The summed E-state index contributed by atoms with van der Waals surface area (Å²) in [5.74, 6) is -0.306. The Hall–Kier alpha value is -0.650. The summed E-state index contributed by atoms with van der Waals surface area (Å²) in [7, 11) is 1.40. The number of ether oxygens (including phenoxy) is 1. The zero-order valence-corrected chi connectivity index (χ0v) is 6.41. The largest absolute Gasteiger partial charge is 0.394 e. The number of hydrogen-bond donors (Lipinski definition) is 3. The number of aliphatic hydroxyl groups is 2. The van der Waals surface area contributed by atoms with Crippen LogP contribution in [0.3, 0.4) is 0 Å². The normalized spacial score (nSPS) is 12.6. The van der Waals surface area contributed by atoms with Crippen molar-refractivity contribution >= 4 is 5.91 Å². The van der Waals surface area contributed by atoms with Gasteiger partial charge in [-0.2, -0.15) is 0 Å². The summed E-state index contributed by atoms with van der Waals surface area (Å²) in [6.45, 7) is -0.329. The standard InChI is InChI=1S/C6H13NO4/c1-11-4-6(10)7-2-5(9)3-8/h5,8-9H,2-4H2,1H3,(H,7,10). The molecule has 11 heavy (non-hydrogen) atoms. The summed E-state index contributed by atoms with van der Waals surface area (Å²) in [5, 5.41) is 19.5. The first-order chi connectivity index (χ1) is 5.20. The summed E-state index contributed by atoms with van der Waals surface area (Å²) >= 11 is 0. The smallest absolute Gasteiger partial charge is 0.246 e. The van der Waals surface area contributed by atoms with Crippen LogP contribution in [0.25, 0.3) is 0 Å². The Kier molecular flexibility index (Phi) is 5.73. The van der Waals surface area contributed by atoms with E-state index in [-0.39, 0.29) is 25.7 Å². The number of amides is 1. The molecule has 5 heteroatoms. The summed E-state index contributed by atoms with van der Waals surface area (Å²) in [5.41, 5.74) is 0. The van der Waals surface area contributed by atoms with Gasteiger partial charge in [-0.25, -0.2) is 0 Å². The third-order valence-electron chi connectivity index (χ3n) is 1.02. The average Bonchev–Trinajstić information content (AvgIpc) is 2.01. The highest BCUT2D eigenvalue weighted by Gasteiger charge is 2.03. The Morgan fingerprint density at radius 2 is 2.36 bits per heavy atom. The van der Waals surface area contributed by atoms with E-state index < -0.39 is 6.10 Å². The van der Waals surface area contributed by atoms with Gasteiger partial charge in [-0.15, -0.1) is 0 Å². The van der Waals surface area contributed by atoms with Crippen LogP contribution in [0.15, 0.2) is 0 Å². The van der Waals surface area contributed by atoms with E-state index in [9.17, 15) is 4.79 Å². The molecular formula is C6H13NO4. The van der Waals surface area contributed by atoms with Gasteiger partial charge in [0.2, 0.25) is 5.91 Å². The van der Waals surface area contributed by atoms with Crippen molar-refractivity contribution in [1.29, 1.82) is 0 Å². The Labute approximate surface area is 65.0 Å². The van der Waals surface area contributed by atoms with Gasteiger partial charge in [0, 0.05) is 13.7 Å². The Bertz CT molecular complexity index is 117. The molecule has 0 fully saturated rings. The van der Waals surface area contributed by atoms with E-state index in [0.29, 0.717) is 0 Å². The fraction of sp³-hybridized carbons (Fsp3) is 0.833. The number of hydrogen-bond acceptors (Lipinski definition) is 4. The molecule has 0 aliphatic heterocycles. The maximum atomic E-state index is 10.6. The second-order valence-corrected chi connectivity index (χ2v) is 2.07. The maximum Gasteiger partial charge on any atom is 0.246 e. The molecule has 0 radical (unpaired) electrons. The lowest BCUT2D eigenvalue weighted by molar-refractivity contribution is -0.125. The molecular weight excluding hydrogens is 150 g/mol. The molecule has 5 nitrogen and oxygen atoms in total. The highest BCUT2D eigenvalue weighted by atomic mass is 16.5. The predicted octanol–water partition coefficient (Wildman–Crippen LogP) is -1.90. The molecule has 1 unspecified atom stereocenters. The molecule has 0 aromatic heterocycles. The van der Waals surface area contributed by atoms with Crippen molar-refractivity contribution < 1.29 is 19.7 Å². The van der Waals surface area contributed by atoms with E-state index >= 15 is 0 Å². The fourth-order valence-corrected chi connectivity index (χ4v) is 0.478. The van der Waals surface area contributed by atoms with E-state index in [1.54, 1.807) is 0 Å². The quantitative estimate of drug-likeness (QED) is 0.442. The monoisotopic (exact) mass is 163 g/mol. The average molecular weight is 163 g/mol. The third kappa shape index (κ3) is 5.78. The topological polar surface area (TPSA) is 78.8 Å². The number of aliphatic hydroxyl groups excluding tert-OH is 2. The molecule has 0 saturated heterocycles. The van der Waals surface area contributed by atoms with Gasteiger partial charge in [0.15, 0.2) is 0 Å². The van der Waals surface area contributed by atoms with Crippen molar-refractivity contribution in [2.45, 2.75) is 6.10 Å². The van der Waals surface area contributed by atoms with Crippen molar-refractivity contribution in [3.05, 3.63) is 0 Å². The Morgan fingerprint density at radius 3 is 2.82 bits per heavy atom. The van der Waals surface area contributed by atoms with Crippen LogP contribution < -0.4 is 5.32 Å². The van der Waals surface area contributed by atoms with Gasteiger partial charge in [0.25, 0.3) is 0 Å². The number of methoxy groups -OCH3 is 1. The first-order valence-electron chi connectivity index (χ1n) is 3.25. The summed E-state index contributed by atoms with van der Waals surface area (Å²) in [4.78, 5) is 10.6. The van der Waals surface area contributed by atoms with E-state index in [0.717, 1.165) is 0 Å². The highest BCUT2D eigenvalue weighted by Crippen LogP contribution is 1.77. The number of carbonyl (C=O) groups excluding carboxylic acids is 1. The van der Waals surface area contributed by atoms with E-state index in [1.807, 2.05) is 0 Å². The molecule has 1 atom stereocenters. The van der Waals surface area contributed by atoms with Gasteiger partial charge in [-0.3, -0.25) is 4.79 Å². The predicted molar refractivity (Wildman–Crippen MR) is 38.0 cm³/mol. The lowest BCUT2D eigenvalue weighted by Crippen LogP contribution is -2.35. The van der Waals surface area contributed by atoms with Crippen LogP contribution in [-0.4, -0.2) is 49.1 Å². The Morgan fingerprint density at radius 1 is 1.73 bits per heavy atom. The molecule has 0 aromatic rings. The van der Waals surface area contributed by atoms with E-state index in [4.69, 9.17) is 10.2 Å². The second-order valence-electron chi connectivity index (χ2n) is 2.07. The second kappa shape index (κ2) is 6.09. The SMILES string of the molecule is COCC(=O)NCC(O)CO. The van der Waals surface area contributed by atoms with Crippen LogP contribution in [-0.2, 0) is 9.53 Å². The van der Waals surface area contributed by atoms with Crippen molar-refractivity contribution in [2.75, 3.05) is 26.9 Å². The van der Waals surface area contributed by atoms with Crippen molar-refractivity contribution in [1.82, 2.24) is 5.32 Å². The van der Waals surface area contributed by atoms with Gasteiger partial charge in [0.05, 0.1) is 12.7 Å². The lowest BCUT2D eigenvalue weighted by atomic mass is 10.4.